The molecule has 4 rings (SSSR count). The van der Waals surface area contributed by atoms with E-state index in [0.717, 1.165) is 67.7 Å². The number of para-hydroxylation sites is 1. The first-order chi connectivity index (χ1) is 11.7. The molecule has 1 aromatic heterocycles. The summed E-state index contributed by atoms with van der Waals surface area (Å²) in [5, 5.41) is 4.05. The second-order valence-corrected chi connectivity index (χ2v) is 6.94. The number of anilines is 1. The largest absolute Gasteiger partial charge is 0.355 e. The number of rotatable bonds is 3. The number of hydrogen-bond acceptors (Lipinski definition) is 4. The first-order valence-electron chi connectivity index (χ1n) is 8.85. The molecule has 1 aliphatic carbocycles. The van der Waals surface area contributed by atoms with Crippen molar-refractivity contribution >= 4 is 22.6 Å². The molecule has 126 valence electrons. The fraction of sp³-hybridized carbons (Fsp3) is 0.474. The van der Waals surface area contributed by atoms with E-state index in [4.69, 9.17) is 4.98 Å². The lowest BCUT2D eigenvalue weighted by Crippen LogP contribution is -2.30. The molecule has 5 heteroatoms. The number of likely N-dealkylation sites (N-methyl/N-ethyl adjacent to an activating group) is 1. The summed E-state index contributed by atoms with van der Waals surface area (Å²) in [7, 11) is 2.16. The molecule has 1 N–H and O–H groups in total. The van der Waals surface area contributed by atoms with Crippen molar-refractivity contribution in [3.8, 4) is 0 Å². The van der Waals surface area contributed by atoms with Gasteiger partial charge < -0.3 is 15.1 Å². The van der Waals surface area contributed by atoms with Crippen molar-refractivity contribution in [1.29, 1.82) is 0 Å². The Morgan fingerprint density at radius 1 is 1.17 bits per heavy atom. The van der Waals surface area contributed by atoms with Crippen LogP contribution < -0.4 is 10.2 Å². The highest BCUT2D eigenvalue weighted by atomic mass is 16.1. The zero-order valence-corrected chi connectivity index (χ0v) is 14.2. The van der Waals surface area contributed by atoms with E-state index in [1.165, 1.54) is 0 Å². The summed E-state index contributed by atoms with van der Waals surface area (Å²) in [4.78, 5) is 22.2. The van der Waals surface area contributed by atoms with Crippen molar-refractivity contribution in [1.82, 2.24) is 15.2 Å². The number of nitrogens with one attached hydrogen (secondary N) is 1. The standard InChI is InChI=1S/C19H24N4O/c1-22-9-4-10-23(12-11-22)18-13-16(19(24)20-14-7-8-14)15-5-2-3-6-17(15)21-18/h2-3,5-6,13-14H,4,7-12H2,1H3,(H,20,24). The predicted molar refractivity (Wildman–Crippen MR) is 96.6 cm³/mol. The van der Waals surface area contributed by atoms with Gasteiger partial charge in [0.2, 0.25) is 0 Å². The Bertz CT molecular complexity index is 756. The van der Waals surface area contributed by atoms with Crippen LogP contribution in [0.5, 0.6) is 0 Å². The second-order valence-electron chi connectivity index (χ2n) is 6.94. The maximum atomic E-state index is 12.7. The fourth-order valence-electron chi connectivity index (χ4n) is 3.28. The molecule has 2 aliphatic rings. The normalized spacial score (nSPS) is 19.3. The Morgan fingerprint density at radius 2 is 2.00 bits per heavy atom. The Morgan fingerprint density at radius 3 is 2.83 bits per heavy atom. The monoisotopic (exact) mass is 324 g/mol. The highest BCUT2D eigenvalue weighted by molar-refractivity contribution is 6.07. The summed E-state index contributed by atoms with van der Waals surface area (Å²) in [6.45, 7) is 4.07. The number of fused-ring (bicyclic) bond motifs is 1. The van der Waals surface area contributed by atoms with Gasteiger partial charge in [0.25, 0.3) is 5.91 Å². The molecule has 24 heavy (non-hydrogen) atoms. The van der Waals surface area contributed by atoms with E-state index in [0.29, 0.717) is 6.04 Å². The van der Waals surface area contributed by atoms with Gasteiger partial charge in [-0.25, -0.2) is 4.98 Å². The molecule has 1 saturated carbocycles. The van der Waals surface area contributed by atoms with Crippen LogP contribution >= 0.6 is 0 Å². The zero-order valence-electron chi connectivity index (χ0n) is 14.2. The minimum Gasteiger partial charge on any atom is -0.355 e. The number of nitrogens with zero attached hydrogens (tertiary/aromatic N) is 3. The van der Waals surface area contributed by atoms with E-state index in [2.05, 4.69) is 22.2 Å². The van der Waals surface area contributed by atoms with Crippen molar-refractivity contribution in [2.45, 2.75) is 25.3 Å². The molecule has 2 fully saturated rings. The third kappa shape index (κ3) is 3.22. The van der Waals surface area contributed by atoms with Crippen molar-refractivity contribution in [3.63, 3.8) is 0 Å². The van der Waals surface area contributed by atoms with Gasteiger partial charge in [-0.3, -0.25) is 4.79 Å². The molecule has 0 bridgehead atoms. The molecule has 1 amide bonds. The summed E-state index contributed by atoms with van der Waals surface area (Å²) in [5.41, 5.74) is 1.65. The van der Waals surface area contributed by atoms with E-state index in [-0.39, 0.29) is 5.91 Å². The Balaban J connectivity index is 1.71. The molecular formula is C19H24N4O. The molecule has 0 unspecified atom stereocenters. The van der Waals surface area contributed by atoms with Crippen LogP contribution in [0, 0.1) is 0 Å². The third-order valence-corrected chi connectivity index (χ3v) is 4.90. The van der Waals surface area contributed by atoms with Gasteiger partial charge in [0.15, 0.2) is 0 Å². The Hall–Kier alpha value is -2.14. The van der Waals surface area contributed by atoms with Crippen molar-refractivity contribution in [2.24, 2.45) is 0 Å². The molecule has 5 nitrogen and oxygen atoms in total. The van der Waals surface area contributed by atoms with E-state index < -0.39 is 0 Å². The van der Waals surface area contributed by atoms with Crippen LogP contribution in [0.15, 0.2) is 30.3 Å². The highest BCUT2D eigenvalue weighted by Crippen LogP contribution is 2.25. The summed E-state index contributed by atoms with van der Waals surface area (Å²) < 4.78 is 0. The maximum Gasteiger partial charge on any atom is 0.252 e. The maximum absolute atomic E-state index is 12.7. The average molecular weight is 324 g/mol. The molecular weight excluding hydrogens is 300 g/mol. The molecule has 0 radical (unpaired) electrons. The summed E-state index contributed by atoms with van der Waals surface area (Å²) in [6.07, 6.45) is 3.31. The lowest BCUT2D eigenvalue weighted by Gasteiger charge is -2.23. The molecule has 0 atom stereocenters. The van der Waals surface area contributed by atoms with Gasteiger partial charge in [-0.15, -0.1) is 0 Å². The number of hydrogen-bond donors (Lipinski definition) is 1. The lowest BCUT2D eigenvalue weighted by atomic mass is 10.1. The SMILES string of the molecule is CN1CCCN(c2cc(C(=O)NC3CC3)c3ccccc3n2)CC1. The first kappa shape index (κ1) is 15.4. The van der Waals surface area contributed by atoms with Crippen molar-refractivity contribution in [2.75, 3.05) is 38.1 Å². The first-order valence-corrected chi connectivity index (χ1v) is 8.85. The Labute approximate surface area is 142 Å². The third-order valence-electron chi connectivity index (χ3n) is 4.90. The number of amides is 1. The summed E-state index contributed by atoms with van der Waals surface area (Å²) in [6, 6.07) is 10.3. The van der Waals surface area contributed by atoms with E-state index in [1.807, 2.05) is 30.3 Å². The van der Waals surface area contributed by atoms with E-state index in [9.17, 15) is 4.79 Å². The van der Waals surface area contributed by atoms with E-state index >= 15 is 0 Å². The summed E-state index contributed by atoms with van der Waals surface area (Å²) in [5.74, 6) is 0.953. The van der Waals surface area contributed by atoms with Crippen LogP contribution in [0.25, 0.3) is 10.9 Å². The molecule has 2 aromatic rings. The van der Waals surface area contributed by atoms with Crippen LogP contribution in [-0.4, -0.2) is 55.1 Å². The summed E-state index contributed by atoms with van der Waals surface area (Å²) >= 11 is 0. The van der Waals surface area contributed by atoms with Crippen molar-refractivity contribution < 1.29 is 4.79 Å². The van der Waals surface area contributed by atoms with Gasteiger partial charge in [0.1, 0.15) is 5.82 Å². The number of benzene rings is 1. The quantitative estimate of drug-likeness (QED) is 0.941. The van der Waals surface area contributed by atoms with Gasteiger partial charge in [-0.05, 0) is 45.0 Å². The molecule has 0 spiro atoms. The van der Waals surface area contributed by atoms with E-state index in [1.54, 1.807) is 0 Å². The second kappa shape index (κ2) is 6.40. The van der Waals surface area contributed by atoms with Gasteiger partial charge >= 0.3 is 0 Å². The van der Waals surface area contributed by atoms with Crippen LogP contribution in [-0.2, 0) is 0 Å². The van der Waals surface area contributed by atoms with Gasteiger partial charge in [-0.1, -0.05) is 18.2 Å². The van der Waals surface area contributed by atoms with Crippen LogP contribution in [0.2, 0.25) is 0 Å². The number of carbonyl (C=O) groups excluding carboxylic acids is 1. The highest BCUT2D eigenvalue weighted by Gasteiger charge is 2.25. The average Bonchev–Trinajstić information content (AvgIpc) is 3.42. The Kier molecular flexibility index (Phi) is 4.10. The van der Waals surface area contributed by atoms with Crippen LogP contribution in [0.3, 0.4) is 0 Å². The molecule has 1 aromatic carbocycles. The number of carbonyl (C=O) groups is 1. The van der Waals surface area contributed by atoms with Crippen LogP contribution in [0.1, 0.15) is 29.6 Å². The molecule has 1 saturated heterocycles. The molecule has 2 heterocycles. The zero-order chi connectivity index (χ0) is 16.5. The van der Waals surface area contributed by atoms with Gasteiger partial charge in [0, 0.05) is 31.1 Å². The smallest absolute Gasteiger partial charge is 0.252 e. The molecule has 1 aliphatic heterocycles. The lowest BCUT2D eigenvalue weighted by molar-refractivity contribution is 0.0952. The van der Waals surface area contributed by atoms with Gasteiger partial charge in [0.05, 0.1) is 11.1 Å². The topological polar surface area (TPSA) is 48.5 Å². The van der Waals surface area contributed by atoms with Crippen molar-refractivity contribution in [3.05, 3.63) is 35.9 Å². The van der Waals surface area contributed by atoms with Crippen LogP contribution in [0.4, 0.5) is 5.82 Å². The minimum atomic E-state index is 0.0317. The predicted octanol–water partition coefficient (Wildman–Crippen LogP) is 2.27. The van der Waals surface area contributed by atoms with Gasteiger partial charge in [-0.2, -0.15) is 0 Å². The number of pyridine rings is 1. The fourth-order valence-corrected chi connectivity index (χ4v) is 3.28. The minimum absolute atomic E-state index is 0.0317. The number of aromatic nitrogens is 1.